The fourth-order valence-electron chi connectivity index (χ4n) is 2.18. The van der Waals surface area contributed by atoms with Crippen LogP contribution in [0.1, 0.15) is 12.5 Å². The van der Waals surface area contributed by atoms with Crippen molar-refractivity contribution in [2.24, 2.45) is 0 Å². The number of benzene rings is 1. The zero-order valence-electron chi connectivity index (χ0n) is 18.0. The van der Waals surface area contributed by atoms with Crippen LogP contribution < -0.4 is 21.5 Å². The molecule has 5 N–H and O–H groups in total. The summed E-state index contributed by atoms with van der Waals surface area (Å²) in [6, 6.07) is 4.60. The molecular formula is C18H23N7O7S. The van der Waals surface area contributed by atoms with Crippen LogP contribution in [0.25, 0.3) is 0 Å². The Balaban J connectivity index is 2.11. The highest BCUT2D eigenvalue weighted by Gasteiger charge is 2.12. The molecule has 15 heteroatoms. The maximum atomic E-state index is 11.6. The molecule has 2 rings (SSSR count). The fourth-order valence-corrected chi connectivity index (χ4v) is 2.81. The lowest BCUT2D eigenvalue weighted by molar-refractivity contribution is -0.139. The number of hydrogen-bond acceptors (Lipinski definition) is 13. The molecule has 0 atom stereocenters. The Morgan fingerprint density at radius 2 is 1.79 bits per heavy atom. The van der Waals surface area contributed by atoms with Crippen LogP contribution >= 0.6 is 11.8 Å². The lowest BCUT2D eigenvalue weighted by Crippen LogP contribution is -2.30. The Labute approximate surface area is 192 Å². The summed E-state index contributed by atoms with van der Waals surface area (Å²) in [5, 5.41) is 15.6. The van der Waals surface area contributed by atoms with Gasteiger partial charge in [0.15, 0.2) is 5.16 Å². The second-order valence-electron chi connectivity index (χ2n) is 5.92. The highest BCUT2D eigenvalue weighted by molar-refractivity contribution is 7.99. The zero-order chi connectivity index (χ0) is 24.2. The second kappa shape index (κ2) is 12.7. The van der Waals surface area contributed by atoms with Crippen molar-refractivity contribution >= 4 is 47.5 Å². The Morgan fingerprint density at radius 3 is 2.45 bits per heavy atom. The number of anilines is 3. The molecule has 0 spiro atoms. The van der Waals surface area contributed by atoms with E-state index in [-0.39, 0.29) is 47.4 Å². The van der Waals surface area contributed by atoms with Gasteiger partial charge in [-0.2, -0.15) is 15.0 Å². The number of carbonyl (C=O) groups is 3. The number of phenols is 1. The number of nitrogens with one attached hydrogen (secondary N) is 4. The highest BCUT2D eigenvalue weighted by atomic mass is 32.2. The Kier molecular flexibility index (Phi) is 9.76. The van der Waals surface area contributed by atoms with E-state index >= 15 is 0 Å². The van der Waals surface area contributed by atoms with E-state index in [9.17, 15) is 19.5 Å². The molecule has 1 heterocycles. The summed E-state index contributed by atoms with van der Waals surface area (Å²) in [4.78, 5) is 46.7. The van der Waals surface area contributed by atoms with Crippen LogP contribution in [-0.2, 0) is 25.5 Å². The molecule has 0 unspecified atom stereocenters. The third kappa shape index (κ3) is 8.56. The first kappa shape index (κ1) is 25.3. The van der Waals surface area contributed by atoms with Gasteiger partial charge in [0.2, 0.25) is 11.9 Å². The molecule has 1 aromatic carbocycles. The van der Waals surface area contributed by atoms with E-state index in [0.29, 0.717) is 5.56 Å². The number of hydrazine groups is 1. The predicted octanol–water partition coefficient (Wildman–Crippen LogP) is 1.71. The Hall–Kier alpha value is -4.01. The van der Waals surface area contributed by atoms with Crippen molar-refractivity contribution in [2.75, 3.05) is 42.6 Å². The van der Waals surface area contributed by atoms with Crippen molar-refractivity contribution in [1.82, 2.24) is 20.4 Å². The molecule has 0 bridgehead atoms. The monoisotopic (exact) mass is 481 g/mol. The molecule has 0 aliphatic rings. The van der Waals surface area contributed by atoms with Crippen LogP contribution in [0, 0.1) is 0 Å². The molecule has 1 aromatic heterocycles. The van der Waals surface area contributed by atoms with E-state index in [2.05, 4.69) is 45.9 Å². The molecule has 0 aliphatic heterocycles. The van der Waals surface area contributed by atoms with Crippen molar-refractivity contribution in [2.45, 2.75) is 18.6 Å². The third-order valence-corrected chi connectivity index (χ3v) is 4.46. The average molecular weight is 481 g/mol. The number of hydrogen-bond donors (Lipinski definition) is 5. The minimum atomic E-state index is -0.762. The van der Waals surface area contributed by atoms with Gasteiger partial charge in [0, 0.05) is 6.54 Å². The maximum Gasteiger partial charge on any atom is 0.425 e. The number of nitrogens with zero attached hydrogens (tertiary/aromatic N) is 3. The number of methoxy groups -OCH3 is 2. The first-order chi connectivity index (χ1) is 15.8. The van der Waals surface area contributed by atoms with E-state index in [4.69, 9.17) is 4.74 Å². The number of carbonyl (C=O) groups excluding carboxylic acids is 3. The summed E-state index contributed by atoms with van der Waals surface area (Å²) >= 11 is 1.02. The maximum absolute atomic E-state index is 11.6. The number of amides is 2. The van der Waals surface area contributed by atoms with Gasteiger partial charge in [0.05, 0.1) is 32.3 Å². The van der Waals surface area contributed by atoms with E-state index in [0.717, 1.165) is 11.8 Å². The Bertz CT molecular complexity index is 993. The van der Waals surface area contributed by atoms with Gasteiger partial charge in [-0.25, -0.2) is 15.0 Å². The molecule has 2 amide bonds. The lowest BCUT2D eigenvalue weighted by atomic mass is 10.2. The first-order valence-corrected chi connectivity index (χ1v) is 10.4. The topological polar surface area (TPSA) is 186 Å². The van der Waals surface area contributed by atoms with Crippen molar-refractivity contribution in [3.05, 3.63) is 23.8 Å². The van der Waals surface area contributed by atoms with Gasteiger partial charge in [-0.05, 0) is 24.6 Å². The number of phenolic OH excluding ortho intramolecular Hbond substituents is 1. The molecule has 0 aliphatic carbocycles. The van der Waals surface area contributed by atoms with Gasteiger partial charge in [-0.15, -0.1) is 0 Å². The van der Waals surface area contributed by atoms with Gasteiger partial charge in [-0.1, -0.05) is 17.8 Å². The molecule has 178 valence electrons. The number of esters is 1. The summed E-state index contributed by atoms with van der Waals surface area (Å²) in [7, 11) is 2.40. The zero-order valence-corrected chi connectivity index (χ0v) is 18.8. The largest absolute Gasteiger partial charge is 0.506 e. The number of ether oxygens (including phenoxy) is 3. The smallest absolute Gasteiger partial charge is 0.425 e. The van der Waals surface area contributed by atoms with Gasteiger partial charge in [0.25, 0.3) is 0 Å². The van der Waals surface area contributed by atoms with Crippen LogP contribution in [-0.4, -0.2) is 64.8 Å². The minimum Gasteiger partial charge on any atom is -0.506 e. The van der Waals surface area contributed by atoms with Crippen LogP contribution in [0.4, 0.5) is 27.2 Å². The van der Waals surface area contributed by atoms with Crippen LogP contribution in [0.5, 0.6) is 5.75 Å². The van der Waals surface area contributed by atoms with Gasteiger partial charge in [-0.3, -0.25) is 15.5 Å². The van der Waals surface area contributed by atoms with Crippen LogP contribution in [0.15, 0.2) is 23.4 Å². The molecule has 0 saturated carbocycles. The van der Waals surface area contributed by atoms with Gasteiger partial charge in [0.1, 0.15) is 5.75 Å². The summed E-state index contributed by atoms with van der Waals surface area (Å²) in [5.74, 6) is -0.503. The summed E-state index contributed by atoms with van der Waals surface area (Å²) < 4.78 is 13.8. The van der Waals surface area contributed by atoms with E-state index in [1.165, 1.54) is 26.4 Å². The number of aromatic nitrogens is 3. The fraction of sp³-hybridized carbons (Fsp3) is 0.333. The van der Waals surface area contributed by atoms with Crippen molar-refractivity contribution in [3.8, 4) is 5.75 Å². The lowest BCUT2D eigenvalue weighted by Gasteiger charge is -2.11. The quantitative estimate of drug-likeness (QED) is 0.109. The molecule has 0 radical (unpaired) electrons. The van der Waals surface area contributed by atoms with E-state index in [1.54, 1.807) is 13.0 Å². The van der Waals surface area contributed by atoms with E-state index in [1.807, 2.05) is 0 Å². The highest BCUT2D eigenvalue weighted by Crippen LogP contribution is 2.25. The van der Waals surface area contributed by atoms with Gasteiger partial charge >= 0.3 is 18.2 Å². The SMILES string of the molecule is CCOC(=O)CSc1nc(NCc2ccc(NC(=O)OC)c(O)c2)nc(NNC(=O)OC)n1. The summed E-state index contributed by atoms with van der Waals surface area (Å²) in [6.45, 7) is 2.14. The molecule has 33 heavy (non-hydrogen) atoms. The van der Waals surface area contributed by atoms with Crippen LogP contribution in [0.3, 0.4) is 0 Å². The van der Waals surface area contributed by atoms with Gasteiger partial charge < -0.3 is 24.6 Å². The molecular weight excluding hydrogens is 458 g/mol. The number of aromatic hydroxyl groups is 1. The van der Waals surface area contributed by atoms with Crippen molar-refractivity contribution < 1.29 is 33.7 Å². The predicted molar refractivity (Wildman–Crippen MR) is 118 cm³/mol. The molecule has 0 saturated heterocycles. The average Bonchev–Trinajstić information content (AvgIpc) is 2.81. The Morgan fingerprint density at radius 1 is 1.06 bits per heavy atom. The van der Waals surface area contributed by atoms with Crippen molar-refractivity contribution in [1.29, 1.82) is 0 Å². The second-order valence-corrected chi connectivity index (χ2v) is 6.86. The first-order valence-electron chi connectivity index (χ1n) is 9.39. The number of rotatable bonds is 10. The summed E-state index contributed by atoms with van der Waals surface area (Å²) in [6.07, 6.45) is -1.48. The molecule has 2 aromatic rings. The van der Waals surface area contributed by atoms with E-state index < -0.39 is 18.2 Å². The standard InChI is InChI=1S/C18H23N7O7S/c1-4-32-13(27)9-33-16-22-14(21-15(23-16)24-25-18(29)31-3)19-8-10-5-6-11(12(26)7-10)20-17(28)30-2/h5-7,26H,4,8-9H2,1-3H3,(H,20,28)(H,25,29)(H2,19,21,22,23,24). The third-order valence-electron chi connectivity index (χ3n) is 3.64. The molecule has 14 nitrogen and oxygen atoms in total. The summed E-state index contributed by atoms with van der Waals surface area (Å²) in [5.41, 5.74) is 5.53. The minimum absolute atomic E-state index is 0.00951. The normalized spacial score (nSPS) is 10.0. The van der Waals surface area contributed by atoms with Crippen LogP contribution in [0.2, 0.25) is 0 Å². The van der Waals surface area contributed by atoms with Crippen molar-refractivity contribution in [3.63, 3.8) is 0 Å². The number of thioether (sulfide) groups is 1. The molecule has 0 fully saturated rings.